The predicted molar refractivity (Wildman–Crippen MR) is 92.9 cm³/mol. The summed E-state index contributed by atoms with van der Waals surface area (Å²) in [7, 11) is 0. The highest BCUT2D eigenvalue weighted by atomic mass is 15.2. The molecule has 0 saturated carbocycles. The van der Waals surface area contributed by atoms with Gasteiger partial charge in [-0.1, -0.05) is 27.7 Å². The van der Waals surface area contributed by atoms with E-state index in [0.717, 1.165) is 31.0 Å². The smallest absolute Gasteiger partial charge is 0.0193 e. The third-order valence-electron chi connectivity index (χ3n) is 4.07. The van der Waals surface area contributed by atoms with Crippen LogP contribution in [0.25, 0.3) is 0 Å². The standard InChI is InChI=1S/C9H20N2.C8H18N2/c1-8(2)7-11-5-4-10-6-9(11)3;1-8(2)7-10-5-3-9-4-6-10/h8-10H,4-7H2,1-3H3;8-9H,3-7H2,1-2H3. The van der Waals surface area contributed by atoms with Crippen molar-refractivity contribution in [2.45, 2.75) is 40.7 Å². The van der Waals surface area contributed by atoms with Crippen LogP contribution in [0.15, 0.2) is 0 Å². The zero-order valence-corrected chi connectivity index (χ0v) is 15.0. The number of hydrogen-bond acceptors (Lipinski definition) is 4. The minimum atomic E-state index is 0.728. The van der Waals surface area contributed by atoms with Crippen molar-refractivity contribution in [1.29, 1.82) is 0 Å². The van der Waals surface area contributed by atoms with Gasteiger partial charge in [-0.3, -0.25) is 4.90 Å². The molecule has 0 aromatic heterocycles. The van der Waals surface area contributed by atoms with Crippen LogP contribution in [0.5, 0.6) is 0 Å². The third-order valence-corrected chi connectivity index (χ3v) is 4.07. The van der Waals surface area contributed by atoms with Crippen LogP contribution in [-0.2, 0) is 0 Å². The monoisotopic (exact) mass is 298 g/mol. The Hall–Kier alpha value is -0.160. The summed E-state index contributed by atoms with van der Waals surface area (Å²) in [4.78, 5) is 5.10. The summed E-state index contributed by atoms with van der Waals surface area (Å²) in [6, 6.07) is 0.728. The molecule has 0 amide bonds. The van der Waals surface area contributed by atoms with Crippen molar-refractivity contribution < 1.29 is 0 Å². The van der Waals surface area contributed by atoms with Crippen LogP contribution in [0, 0.1) is 11.8 Å². The van der Waals surface area contributed by atoms with Gasteiger partial charge in [-0.2, -0.15) is 0 Å². The maximum Gasteiger partial charge on any atom is 0.0193 e. The van der Waals surface area contributed by atoms with E-state index < -0.39 is 0 Å². The topological polar surface area (TPSA) is 30.5 Å². The minimum Gasteiger partial charge on any atom is -0.314 e. The molecule has 4 heteroatoms. The Morgan fingerprint density at radius 2 is 1.43 bits per heavy atom. The quantitative estimate of drug-likeness (QED) is 0.823. The normalized spacial score (nSPS) is 25.0. The zero-order chi connectivity index (χ0) is 15.7. The van der Waals surface area contributed by atoms with Gasteiger partial charge in [0, 0.05) is 64.9 Å². The first kappa shape index (κ1) is 18.9. The van der Waals surface area contributed by atoms with Crippen molar-refractivity contribution in [3.8, 4) is 0 Å². The van der Waals surface area contributed by atoms with Gasteiger partial charge in [0.05, 0.1) is 0 Å². The summed E-state index contributed by atoms with van der Waals surface area (Å²) in [5.41, 5.74) is 0. The lowest BCUT2D eigenvalue weighted by Gasteiger charge is -2.34. The van der Waals surface area contributed by atoms with Gasteiger partial charge >= 0.3 is 0 Å². The van der Waals surface area contributed by atoms with Crippen molar-refractivity contribution in [3.05, 3.63) is 0 Å². The van der Waals surface area contributed by atoms with Crippen molar-refractivity contribution in [1.82, 2.24) is 20.4 Å². The van der Waals surface area contributed by atoms with E-state index in [1.165, 1.54) is 45.8 Å². The molecule has 2 saturated heterocycles. The molecule has 2 rings (SSSR count). The molecule has 0 aliphatic carbocycles. The van der Waals surface area contributed by atoms with Crippen LogP contribution in [0.4, 0.5) is 0 Å². The molecule has 1 unspecified atom stereocenters. The molecule has 1 atom stereocenters. The van der Waals surface area contributed by atoms with Crippen LogP contribution in [0.1, 0.15) is 34.6 Å². The number of rotatable bonds is 4. The first-order valence-electron chi connectivity index (χ1n) is 8.87. The summed E-state index contributed by atoms with van der Waals surface area (Å²) in [6.07, 6.45) is 0. The van der Waals surface area contributed by atoms with Crippen LogP contribution in [-0.4, -0.2) is 74.7 Å². The van der Waals surface area contributed by atoms with Crippen molar-refractivity contribution in [2.24, 2.45) is 11.8 Å². The molecule has 0 radical (unpaired) electrons. The fraction of sp³-hybridized carbons (Fsp3) is 1.00. The lowest BCUT2D eigenvalue weighted by molar-refractivity contribution is 0.156. The maximum absolute atomic E-state index is 3.40. The van der Waals surface area contributed by atoms with Crippen LogP contribution >= 0.6 is 0 Å². The molecule has 0 bridgehead atoms. The van der Waals surface area contributed by atoms with Gasteiger partial charge in [0.1, 0.15) is 0 Å². The fourth-order valence-corrected chi connectivity index (χ4v) is 3.03. The second-order valence-electron chi connectivity index (χ2n) is 7.39. The summed E-state index contributed by atoms with van der Waals surface area (Å²) in [5.74, 6) is 1.62. The molecule has 2 fully saturated rings. The van der Waals surface area contributed by atoms with Crippen molar-refractivity contribution in [2.75, 3.05) is 58.9 Å². The Bertz CT molecular complexity index is 249. The van der Waals surface area contributed by atoms with Gasteiger partial charge in [0.2, 0.25) is 0 Å². The van der Waals surface area contributed by atoms with E-state index >= 15 is 0 Å². The van der Waals surface area contributed by atoms with Crippen LogP contribution in [0.3, 0.4) is 0 Å². The van der Waals surface area contributed by atoms with E-state index in [2.05, 4.69) is 55.1 Å². The third kappa shape index (κ3) is 8.77. The van der Waals surface area contributed by atoms with E-state index in [9.17, 15) is 0 Å². The summed E-state index contributed by atoms with van der Waals surface area (Å²) >= 11 is 0. The molecule has 126 valence electrons. The van der Waals surface area contributed by atoms with Crippen molar-refractivity contribution in [3.63, 3.8) is 0 Å². The van der Waals surface area contributed by atoms with E-state index in [-0.39, 0.29) is 0 Å². The van der Waals surface area contributed by atoms with Gasteiger partial charge in [-0.25, -0.2) is 0 Å². The largest absolute Gasteiger partial charge is 0.314 e. The van der Waals surface area contributed by atoms with Crippen LogP contribution < -0.4 is 10.6 Å². The lowest BCUT2D eigenvalue weighted by Crippen LogP contribution is -2.50. The van der Waals surface area contributed by atoms with E-state index in [1.54, 1.807) is 0 Å². The molecule has 0 aromatic carbocycles. The van der Waals surface area contributed by atoms with Gasteiger partial charge in [-0.15, -0.1) is 0 Å². The van der Waals surface area contributed by atoms with E-state index in [1.807, 2.05) is 0 Å². The first-order valence-corrected chi connectivity index (χ1v) is 8.87. The lowest BCUT2D eigenvalue weighted by atomic mass is 10.1. The second kappa shape index (κ2) is 10.5. The Labute approximate surface area is 132 Å². The average Bonchev–Trinajstić information content (AvgIpc) is 2.42. The van der Waals surface area contributed by atoms with E-state index in [0.29, 0.717) is 0 Å². The highest BCUT2D eigenvalue weighted by Crippen LogP contribution is 2.05. The second-order valence-corrected chi connectivity index (χ2v) is 7.39. The Kier molecular flexibility index (Phi) is 9.49. The summed E-state index contributed by atoms with van der Waals surface area (Å²) in [5, 5.41) is 6.74. The van der Waals surface area contributed by atoms with Gasteiger partial charge in [-0.05, 0) is 18.8 Å². The molecule has 2 heterocycles. The average molecular weight is 299 g/mol. The molecule has 21 heavy (non-hydrogen) atoms. The molecule has 2 aliphatic rings. The highest BCUT2D eigenvalue weighted by Gasteiger charge is 2.17. The Morgan fingerprint density at radius 1 is 0.857 bits per heavy atom. The van der Waals surface area contributed by atoms with E-state index in [4.69, 9.17) is 0 Å². The molecule has 2 aliphatic heterocycles. The predicted octanol–water partition coefficient (Wildman–Crippen LogP) is 1.48. The Balaban J connectivity index is 0.000000211. The van der Waals surface area contributed by atoms with Gasteiger partial charge < -0.3 is 15.5 Å². The number of nitrogens with zero attached hydrogens (tertiary/aromatic N) is 2. The molecule has 2 N–H and O–H groups in total. The van der Waals surface area contributed by atoms with Crippen LogP contribution in [0.2, 0.25) is 0 Å². The molecular formula is C17H38N4. The SMILES string of the molecule is CC(C)CN1CCNCC1.CC(C)CN1CCNCC1C. The van der Waals surface area contributed by atoms with Gasteiger partial charge in [0.25, 0.3) is 0 Å². The molecule has 0 spiro atoms. The summed E-state index contributed by atoms with van der Waals surface area (Å²) in [6.45, 7) is 22.3. The maximum atomic E-state index is 3.40. The zero-order valence-electron chi connectivity index (χ0n) is 15.0. The molecular weight excluding hydrogens is 260 g/mol. The first-order chi connectivity index (χ1) is 9.99. The highest BCUT2D eigenvalue weighted by molar-refractivity contribution is 4.76. The number of piperazine rings is 2. The Morgan fingerprint density at radius 3 is 1.95 bits per heavy atom. The fourth-order valence-electron chi connectivity index (χ4n) is 3.03. The number of hydrogen-bond donors (Lipinski definition) is 2. The minimum absolute atomic E-state index is 0.728. The number of nitrogens with one attached hydrogen (secondary N) is 2. The van der Waals surface area contributed by atoms with Crippen molar-refractivity contribution >= 4 is 0 Å². The molecule has 4 nitrogen and oxygen atoms in total. The molecule has 0 aromatic rings. The summed E-state index contributed by atoms with van der Waals surface area (Å²) < 4.78 is 0. The van der Waals surface area contributed by atoms with Gasteiger partial charge in [0.15, 0.2) is 0 Å².